The highest BCUT2D eigenvalue weighted by atomic mass is 16.5. The van der Waals surface area contributed by atoms with Crippen LogP contribution in [0.25, 0.3) is 0 Å². The summed E-state index contributed by atoms with van der Waals surface area (Å²) >= 11 is 0. The fourth-order valence-electron chi connectivity index (χ4n) is 1.83. The summed E-state index contributed by atoms with van der Waals surface area (Å²) < 4.78 is 4.83. The molecule has 2 rings (SSSR count). The molecule has 0 atom stereocenters. The van der Waals surface area contributed by atoms with E-state index in [1.807, 2.05) is 0 Å². The number of benzene rings is 1. The molecule has 1 heterocycles. The average Bonchev–Trinajstić information content (AvgIpc) is 2.54. The Bertz CT molecular complexity index is 767. The number of nitrogens with one attached hydrogen (secondary N) is 3. The Hall–Kier alpha value is -3.09. The van der Waals surface area contributed by atoms with Gasteiger partial charge in [0.2, 0.25) is 5.43 Å². The SMILES string of the molecule is CNC(=O)c1cccc(NC(=O)c2cc(=O)c(OC)c[nH]2)c1. The van der Waals surface area contributed by atoms with Gasteiger partial charge >= 0.3 is 0 Å². The largest absolute Gasteiger partial charge is 0.491 e. The Balaban J connectivity index is 2.20. The number of anilines is 1. The number of methoxy groups -OCH3 is 1. The van der Waals surface area contributed by atoms with E-state index < -0.39 is 11.3 Å². The first-order chi connectivity index (χ1) is 10.5. The monoisotopic (exact) mass is 301 g/mol. The van der Waals surface area contributed by atoms with E-state index >= 15 is 0 Å². The van der Waals surface area contributed by atoms with E-state index in [-0.39, 0.29) is 17.4 Å². The molecule has 0 aliphatic rings. The maximum Gasteiger partial charge on any atom is 0.272 e. The van der Waals surface area contributed by atoms with Crippen LogP contribution in [-0.2, 0) is 0 Å². The van der Waals surface area contributed by atoms with Gasteiger partial charge in [-0.15, -0.1) is 0 Å². The van der Waals surface area contributed by atoms with Gasteiger partial charge in [0.15, 0.2) is 5.75 Å². The van der Waals surface area contributed by atoms with Gasteiger partial charge in [0.1, 0.15) is 5.69 Å². The van der Waals surface area contributed by atoms with Crippen molar-refractivity contribution in [3.8, 4) is 5.75 Å². The third-order valence-electron chi connectivity index (χ3n) is 2.95. The smallest absolute Gasteiger partial charge is 0.272 e. The predicted octanol–water partition coefficient (Wildman–Crippen LogP) is 0.995. The maximum atomic E-state index is 12.1. The summed E-state index contributed by atoms with van der Waals surface area (Å²) in [6.45, 7) is 0. The summed E-state index contributed by atoms with van der Waals surface area (Å²) in [7, 11) is 2.89. The van der Waals surface area contributed by atoms with Crippen molar-refractivity contribution in [1.82, 2.24) is 10.3 Å². The average molecular weight is 301 g/mol. The molecule has 22 heavy (non-hydrogen) atoms. The molecule has 2 amide bonds. The van der Waals surface area contributed by atoms with Crippen LogP contribution in [0.2, 0.25) is 0 Å². The van der Waals surface area contributed by atoms with Crippen LogP contribution in [0.4, 0.5) is 5.69 Å². The number of carbonyl (C=O) groups excluding carboxylic acids is 2. The number of amides is 2. The number of hydrogen-bond acceptors (Lipinski definition) is 4. The lowest BCUT2D eigenvalue weighted by molar-refractivity contribution is 0.0961. The minimum atomic E-state index is -0.492. The van der Waals surface area contributed by atoms with Crippen molar-refractivity contribution < 1.29 is 14.3 Å². The molecule has 1 aromatic carbocycles. The minimum absolute atomic E-state index is 0.0937. The van der Waals surface area contributed by atoms with Crippen molar-refractivity contribution in [2.45, 2.75) is 0 Å². The lowest BCUT2D eigenvalue weighted by Crippen LogP contribution is -2.19. The zero-order chi connectivity index (χ0) is 16.1. The van der Waals surface area contributed by atoms with Gasteiger partial charge in [-0.25, -0.2) is 0 Å². The molecule has 114 valence electrons. The number of H-pyrrole nitrogens is 1. The minimum Gasteiger partial charge on any atom is -0.491 e. The van der Waals surface area contributed by atoms with E-state index in [0.29, 0.717) is 11.3 Å². The molecular weight excluding hydrogens is 286 g/mol. The summed E-state index contributed by atoms with van der Waals surface area (Å²) in [6.07, 6.45) is 1.32. The van der Waals surface area contributed by atoms with Gasteiger partial charge in [0, 0.05) is 30.6 Å². The van der Waals surface area contributed by atoms with Gasteiger partial charge in [-0.05, 0) is 18.2 Å². The van der Waals surface area contributed by atoms with Crippen LogP contribution in [0.1, 0.15) is 20.8 Å². The number of hydrogen-bond donors (Lipinski definition) is 3. The Morgan fingerprint density at radius 1 is 1.18 bits per heavy atom. The van der Waals surface area contributed by atoms with Crippen LogP contribution in [0.15, 0.2) is 41.3 Å². The number of aromatic nitrogens is 1. The van der Waals surface area contributed by atoms with E-state index in [1.165, 1.54) is 20.4 Å². The van der Waals surface area contributed by atoms with Crippen molar-refractivity contribution in [3.63, 3.8) is 0 Å². The van der Waals surface area contributed by atoms with E-state index in [0.717, 1.165) is 6.07 Å². The summed E-state index contributed by atoms with van der Waals surface area (Å²) in [6, 6.07) is 7.61. The number of pyridine rings is 1. The molecule has 7 heteroatoms. The van der Waals surface area contributed by atoms with Crippen LogP contribution < -0.4 is 20.8 Å². The normalized spacial score (nSPS) is 9.91. The molecule has 0 fully saturated rings. The van der Waals surface area contributed by atoms with Crippen LogP contribution in [-0.4, -0.2) is 31.0 Å². The summed E-state index contributed by atoms with van der Waals surface area (Å²) in [5, 5.41) is 5.11. The van der Waals surface area contributed by atoms with Crippen LogP contribution in [0.3, 0.4) is 0 Å². The van der Waals surface area contributed by atoms with Crippen LogP contribution in [0, 0.1) is 0 Å². The molecule has 0 bridgehead atoms. The Morgan fingerprint density at radius 2 is 1.95 bits per heavy atom. The summed E-state index contributed by atoms with van der Waals surface area (Å²) in [4.78, 5) is 38.0. The first-order valence-corrected chi connectivity index (χ1v) is 6.45. The topological polar surface area (TPSA) is 100 Å². The number of aromatic amines is 1. The zero-order valence-corrected chi connectivity index (χ0v) is 12.1. The molecule has 1 aromatic heterocycles. The molecular formula is C15H15N3O4. The standard InChI is InChI=1S/C15H15N3O4/c1-16-14(20)9-4-3-5-10(6-9)18-15(21)11-7-12(19)13(22-2)8-17-11/h3-8H,1-2H3,(H,16,20)(H,17,19)(H,18,21). The second-order valence-corrected chi connectivity index (χ2v) is 4.39. The molecule has 7 nitrogen and oxygen atoms in total. The third kappa shape index (κ3) is 3.32. The first-order valence-electron chi connectivity index (χ1n) is 6.45. The van der Waals surface area contributed by atoms with Crippen molar-refractivity contribution in [1.29, 1.82) is 0 Å². The maximum absolute atomic E-state index is 12.1. The van der Waals surface area contributed by atoms with Gasteiger partial charge in [0.05, 0.1) is 7.11 Å². The molecule has 0 spiro atoms. The lowest BCUT2D eigenvalue weighted by atomic mass is 10.2. The van der Waals surface area contributed by atoms with Crippen LogP contribution >= 0.6 is 0 Å². The summed E-state index contributed by atoms with van der Waals surface area (Å²) in [5.74, 6) is -0.624. The fourth-order valence-corrected chi connectivity index (χ4v) is 1.83. The third-order valence-corrected chi connectivity index (χ3v) is 2.95. The lowest BCUT2D eigenvalue weighted by Gasteiger charge is -2.07. The van der Waals surface area contributed by atoms with E-state index in [4.69, 9.17) is 4.74 Å². The molecule has 0 aliphatic heterocycles. The van der Waals surface area contributed by atoms with Gasteiger partial charge in [-0.2, -0.15) is 0 Å². The predicted molar refractivity (Wildman–Crippen MR) is 81.4 cm³/mol. The van der Waals surface area contributed by atoms with Gasteiger partial charge in [0.25, 0.3) is 11.8 Å². The highest BCUT2D eigenvalue weighted by Crippen LogP contribution is 2.12. The second-order valence-electron chi connectivity index (χ2n) is 4.39. The van der Waals surface area contributed by atoms with Crippen molar-refractivity contribution in [3.05, 3.63) is 58.0 Å². The first kappa shape index (κ1) is 15.3. The number of ether oxygens (including phenoxy) is 1. The Morgan fingerprint density at radius 3 is 2.59 bits per heavy atom. The molecule has 0 aliphatic carbocycles. The molecule has 0 saturated heterocycles. The summed E-state index contributed by atoms with van der Waals surface area (Å²) in [5.41, 5.74) is 0.563. The van der Waals surface area contributed by atoms with Gasteiger partial charge < -0.3 is 20.4 Å². The second kappa shape index (κ2) is 6.57. The molecule has 2 aromatic rings. The zero-order valence-electron chi connectivity index (χ0n) is 12.1. The van der Waals surface area contributed by atoms with Crippen molar-refractivity contribution in [2.75, 3.05) is 19.5 Å². The van der Waals surface area contributed by atoms with E-state index in [1.54, 1.807) is 24.3 Å². The van der Waals surface area contributed by atoms with Gasteiger partial charge in [-0.3, -0.25) is 14.4 Å². The molecule has 0 unspecified atom stereocenters. The van der Waals surface area contributed by atoms with E-state index in [9.17, 15) is 14.4 Å². The highest BCUT2D eigenvalue weighted by molar-refractivity contribution is 6.03. The molecule has 0 saturated carbocycles. The Labute approximate surface area is 126 Å². The molecule has 0 radical (unpaired) electrons. The number of rotatable bonds is 4. The van der Waals surface area contributed by atoms with Crippen molar-refractivity contribution >= 4 is 17.5 Å². The number of carbonyl (C=O) groups is 2. The fraction of sp³-hybridized carbons (Fsp3) is 0.133. The Kier molecular flexibility index (Phi) is 4.57. The van der Waals surface area contributed by atoms with Crippen molar-refractivity contribution in [2.24, 2.45) is 0 Å². The molecule has 3 N–H and O–H groups in total. The highest BCUT2D eigenvalue weighted by Gasteiger charge is 2.11. The van der Waals surface area contributed by atoms with Gasteiger partial charge in [-0.1, -0.05) is 6.07 Å². The van der Waals surface area contributed by atoms with E-state index in [2.05, 4.69) is 15.6 Å². The van der Waals surface area contributed by atoms with Crippen LogP contribution in [0.5, 0.6) is 5.75 Å². The quantitative estimate of drug-likeness (QED) is 0.784.